The lowest BCUT2D eigenvalue weighted by Gasteiger charge is -2.12. The Morgan fingerprint density at radius 1 is 0.833 bits per heavy atom. The number of rotatable bonds is 4. The number of hydrogen-bond acceptors (Lipinski definition) is 1. The van der Waals surface area contributed by atoms with Gasteiger partial charge < -0.3 is 4.57 Å². The minimum Gasteiger partial charge on any atom is -0.340 e. The summed E-state index contributed by atoms with van der Waals surface area (Å²) in [5.74, 6) is 0. The van der Waals surface area contributed by atoms with Gasteiger partial charge in [-0.2, -0.15) is 0 Å². The van der Waals surface area contributed by atoms with E-state index in [2.05, 4.69) is 95.7 Å². The summed E-state index contributed by atoms with van der Waals surface area (Å²) in [5.41, 5.74) is 6.52. The molecule has 0 aliphatic heterocycles. The molecule has 0 N–H and O–H groups in total. The highest BCUT2D eigenvalue weighted by atomic mass is 32.1. The Balaban J connectivity index is 1.86. The molecule has 2 aromatic carbocycles. The van der Waals surface area contributed by atoms with Crippen LogP contribution in [0.3, 0.4) is 0 Å². The zero-order chi connectivity index (χ0) is 16.4. The SMILES string of the molecule is Cc1c(-c2cccs2)cc(-c2ccccc2)n1Cc1ccccc1. The highest BCUT2D eigenvalue weighted by Crippen LogP contribution is 2.35. The fourth-order valence-corrected chi connectivity index (χ4v) is 3.94. The molecule has 4 rings (SSSR count). The van der Waals surface area contributed by atoms with E-state index in [1.807, 2.05) is 0 Å². The molecule has 0 unspecified atom stereocenters. The van der Waals surface area contributed by atoms with Crippen LogP contribution in [0.15, 0.2) is 84.2 Å². The summed E-state index contributed by atoms with van der Waals surface area (Å²) in [7, 11) is 0. The van der Waals surface area contributed by atoms with Gasteiger partial charge in [0.2, 0.25) is 0 Å². The summed E-state index contributed by atoms with van der Waals surface area (Å²) in [4.78, 5) is 1.33. The highest BCUT2D eigenvalue weighted by molar-refractivity contribution is 7.13. The van der Waals surface area contributed by atoms with Crippen molar-refractivity contribution in [2.24, 2.45) is 0 Å². The van der Waals surface area contributed by atoms with Gasteiger partial charge in [-0.25, -0.2) is 0 Å². The van der Waals surface area contributed by atoms with Crippen molar-refractivity contribution in [3.05, 3.63) is 95.5 Å². The molecule has 0 bridgehead atoms. The van der Waals surface area contributed by atoms with Gasteiger partial charge in [-0.1, -0.05) is 66.7 Å². The van der Waals surface area contributed by atoms with Gasteiger partial charge in [0.15, 0.2) is 0 Å². The van der Waals surface area contributed by atoms with Crippen LogP contribution in [0.2, 0.25) is 0 Å². The molecule has 0 fully saturated rings. The van der Waals surface area contributed by atoms with Crippen molar-refractivity contribution in [1.29, 1.82) is 0 Å². The van der Waals surface area contributed by atoms with Crippen molar-refractivity contribution >= 4 is 11.3 Å². The topological polar surface area (TPSA) is 4.93 Å². The van der Waals surface area contributed by atoms with E-state index in [9.17, 15) is 0 Å². The van der Waals surface area contributed by atoms with E-state index in [-0.39, 0.29) is 0 Å². The third-order valence-corrected chi connectivity index (χ3v) is 5.31. The first-order valence-electron chi connectivity index (χ1n) is 8.16. The molecule has 0 aliphatic carbocycles. The number of aromatic nitrogens is 1. The van der Waals surface area contributed by atoms with E-state index in [1.165, 1.54) is 33.0 Å². The first-order valence-corrected chi connectivity index (χ1v) is 9.04. The molecular weight excluding hydrogens is 310 g/mol. The number of hydrogen-bond donors (Lipinski definition) is 0. The lowest BCUT2D eigenvalue weighted by Crippen LogP contribution is -2.03. The average Bonchev–Trinajstić information content (AvgIpc) is 3.26. The Kier molecular flexibility index (Phi) is 4.06. The van der Waals surface area contributed by atoms with Crippen LogP contribution in [0, 0.1) is 6.92 Å². The van der Waals surface area contributed by atoms with Crippen LogP contribution in [0.5, 0.6) is 0 Å². The molecule has 0 spiro atoms. The van der Waals surface area contributed by atoms with Crippen molar-refractivity contribution in [2.45, 2.75) is 13.5 Å². The highest BCUT2D eigenvalue weighted by Gasteiger charge is 2.15. The molecule has 0 aliphatic rings. The monoisotopic (exact) mass is 329 g/mol. The Bertz CT molecular complexity index is 919. The van der Waals surface area contributed by atoms with Gasteiger partial charge >= 0.3 is 0 Å². The molecule has 2 aromatic heterocycles. The summed E-state index contributed by atoms with van der Waals surface area (Å²) in [5, 5.41) is 2.14. The second kappa shape index (κ2) is 6.50. The van der Waals surface area contributed by atoms with Gasteiger partial charge in [0.05, 0.1) is 0 Å². The van der Waals surface area contributed by atoms with Crippen molar-refractivity contribution in [3.8, 4) is 21.7 Å². The van der Waals surface area contributed by atoms with Crippen LogP contribution >= 0.6 is 11.3 Å². The zero-order valence-corrected chi connectivity index (χ0v) is 14.5. The van der Waals surface area contributed by atoms with E-state index < -0.39 is 0 Å². The van der Waals surface area contributed by atoms with Crippen molar-refractivity contribution in [1.82, 2.24) is 4.57 Å². The molecule has 4 aromatic rings. The summed E-state index contributed by atoms with van der Waals surface area (Å²) in [6.07, 6.45) is 0. The summed E-state index contributed by atoms with van der Waals surface area (Å²) in [6.45, 7) is 3.12. The van der Waals surface area contributed by atoms with Gasteiger partial charge in [0, 0.05) is 28.4 Å². The molecule has 0 saturated carbocycles. The largest absolute Gasteiger partial charge is 0.340 e. The molecule has 2 heterocycles. The van der Waals surface area contributed by atoms with Crippen molar-refractivity contribution in [2.75, 3.05) is 0 Å². The van der Waals surface area contributed by atoms with Crippen LogP contribution < -0.4 is 0 Å². The summed E-state index contributed by atoms with van der Waals surface area (Å²) in [6, 6.07) is 28.0. The maximum atomic E-state index is 2.43. The fraction of sp³-hybridized carbons (Fsp3) is 0.0909. The number of benzene rings is 2. The van der Waals surface area contributed by atoms with E-state index in [1.54, 1.807) is 11.3 Å². The minimum atomic E-state index is 0.891. The maximum Gasteiger partial charge on any atom is 0.0492 e. The predicted molar refractivity (Wildman–Crippen MR) is 103 cm³/mol. The lowest BCUT2D eigenvalue weighted by molar-refractivity contribution is 0.785. The van der Waals surface area contributed by atoms with Crippen LogP contribution in [0.1, 0.15) is 11.3 Å². The second-order valence-electron chi connectivity index (χ2n) is 5.94. The standard InChI is InChI=1S/C22H19NS/c1-17-20(22-13-8-14-24-22)15-21(19-11-6-3-7-12-19)23(17)16-18-9-4-2-5-10-18/h2-15H,16H2,1H3. The van der Waals surface area contributed by atoms with Gasteiger partial charge in [0.1, 0.15) is 0 Å². The van der Waals surface area contributed by atoms with Crippen molar-refractivity contribution < 1.29 is 0 Å². The molecule has 0 amide bonds. The van der Waals surface area contributed by atoms with Crippen molar-refractivity contribution in [3.63, 3.8) is 0 Å². The molecule has 2 heteroatoms. The Morgan fingerprint density at radius 3 is 2.21 bits per heavy atom. The summed E-state index contributed by atoms with van der Waals surface area (Å²) < 4.78 is 2.43. The number of thiophene rings is 1. The zero-order valence-electron chi connectivity index (χ0n) is 13.6. The molecular formula is C22H19NS. The second-order valence-corrected chi connectivity index (χ2v) is 6.89. The van der Waals surface area contributed by atoms with E-state index in [0.29, 0.717) is 0 Å². The molecule has 118 valence electrons. The first-order chi connectivity index (χ1) is 11.8. The van der Waals surface area contributed by atoms with E-state index in [0.717, 1.165) is 6.54 Å². The Hall–Kier alpha value is -2.58. The Morgan fingerprint density at radius 2 is 1.54 bits per heavy atom. The van der Waals surface area contributed by atoms with Crippen LogP contribution in [-0.2, 0) is 6.54 Å². The average molecular weight is 329 g/mol. The minimum absolute atomic E-state index is 0.891. The predicted octanol–water partition coefficient (Wildman–Crippen LogP) is 6.24. The molecule has 0 atom stereocenters. The van der Waals surface area contributed by atoms with Gasteiger partial charge in [-0.15, -0.1) is 11.3 Å². The van der Waals surface area contributed by atoms with Gasteiger partial charge in [-0.05, 0) is 35.6 Å². The lowest BCUT2D eigenvalue weighted by atomic mass is 10.1. The number of nitrogens with zero attached hydrogens (tertiary/aromatic N) is 1. The quantitative estimate of drug-likeness (QED) is 0.417. The maximum absolute atomic E-state index is 2.43. The molecule has 24 heavy (non-hydrogen) atoms. The normalized spacial score (nSPS) is 10.9. The third kappa shape index (κ3) is 2.81. The molecule has 1 nitrogen and oxygen atoms in total. The van der Waals surface area contributed by atoms with E-state index >= 15 is 0 Å². The van der Waals surface area contributed by atoms with Crippen LogP contribution in [0.4, 0.5) is 0 Å². The third-order valence-electron chi connectivity index (χ3n) is 4.41. The molecule has 0 saturated heterocycles. The smallest absolute Gasteiger partial charge is 0.0492 e. The fourth-order valence-electron chi connectivity index (χ4n) is 3.14. The van der Waals surface area contributed by atoms with Gasteiger partial charge in [-0.3, -0.25) is 0 Å². The van der Waals surface area contributed by atoms with E-state index in [4.69, 9.17) is 0 Å². The van der Waals surface area contributed by atoms with Crippen LogP contribution in [-0.4, -0.2) is 4.57 Å². The summed E-state index contributed by atoms with van der Waals surface area (Å²) >= 11 is 1.80. The Labute approximate surface area is 146 Å². The van der Waals surface area contributed by atoms with Gasteiger partial charge in [0.25, 0.3) is 0 Å². The first kappa shape index (κ1) is 15.0. The molecule has 0 radical (unpaired) electrons. The van der Waals surface area contributed by atoms with Crippen LogP contribution in [0.25, 0.3) is 21.7 Å².